The standard InChI is InChI=1S/C55H63F4N9O6/c1-3-36-40(56)8-5-33-23-35(69)25-38(44(33)36)46-45(58)47-39(26-60-46)48(68-18-4-11-52(2,73)27-68)64-51(63-47)74-32-54(12-13-54)30-66-28-53(29-66)14-16-55(59,17-15-53)31-65-19-21-67(22-20-65)34-6-7-37(41(57)24-34)49(71)61-42-9-10-43(70)62-50(42)72/h5-8,23-26,42,69,73H,3-4,9-22,27-32H2,1-2H3,(H,61,71)(H,62,70,72)/t42-,52+/m0/s1. The quantitative estimate of drug-likeness (QED) is 0.0703. The number of amides is 3. The van der Waals surface area contributed by atoms with Gasteiger partial charge in [-0.05, 0) is 129 Å². The van der Waals surface area contributed by atoms with Crippen LogP contribution in [0.5, 0.6) is 11.8 Å². The Morgan fingerprint density at radius 2 is 1.65 bits per heavy atom. The van der Waals surface area contributed by atoms with Crippen LogP contribution in [0.3, 0.4) is 0 Å². The predicted molar refractivity (Wildman–Crippen MR) is 270 cm³/mol. The van der Waals surface area contributed by atoms with Gasteiger partial charge in [0.05, 0.1) is 23.2 Å². The van der Waals surface area contributed by atoms with E-state index in [1.54, 1.807) is 19.1 Å². The monoisotopic (exact) mass is 1020 g/mol. The number of β-amino-alcohol motifs (C(OH)–C–C–N with tert-alkyl or cyclic N) is 1. The second kappa shape index (κ2) is 19.2. The number of ether oxygens (including phenoxy) is 1. The van der Waals surface area contributed by atoms with Crippen LogP contribution in [-0.4, -0.2) is 142 Å². The van der Waals surface area contributed by atoms with Gasteiger partial charge in [-0.3, -0.25) is 29.6 Å². The van der Waals surface area contributed by atoms with Gasteiger partial charge in [-0.15, -0.1) is 0 Å². The number of piperazine rings is 1. The molecule has 2 atom stereocenters. The van der Waals surface area contributed by atoms with E-state index in [9.17, 15) is 24.6 Å². The lowest BCUT2D eigenvalue weighted by molar-refractivity contribution is -0.134. The number of likely N-dealkylation sites (tertiary alicyclic amines) is 1. The summed E-state index contributed by atoms with van der Waals surface area (Å²) in [6, 6.07) is 9.32. The van der Waals surface area contributed by atoms with Gasteiger partial charge in [0.1, 0.15) is 46.1 Å². The Morgan fingerprint density at radius 3 is 2.35 bits per heavy atom. The number of fused-ring (bicyclic) bond motifs is 2. The number of anilines is 2. The second-order valence-corrected chi connectivity index (χ2v) is 22.5. The Bertz CT molecular complexity index is 3040. The Kier molecular flexibility index (Phi) is 13.0. The number of piperidine rings is 2. The number of benzene rings is 3. The van der Waals surface area contributed by atoms with Gasteiger partial charge in [0, 0.05) is 94.7 Å². The molecule has 1 spiro atoms. The van der Waals surface area contributed by atoms with E-state index in [0.29, 0.717) is 111 Å². The van der Waals surface area contributed by atoms with E-state index >= 15 is 17.6 Å². The summed E-state index contributed by atoms with van der Waals surface area (Å²) >= 11 is 0. The number of aromatic nitrogens is 3. The van der Waals surface area contributed by atoms with Crippen molar-refractivity contribution in [3.05, 3.63) is 77.2 Å². The Labute approximate surface area is 426 Å². The van der Waals surface area contributed by atoms with E-state index in [1.807, 2.05) is 16.7 Å². The van der Waals surface area contributed by atoms with E-state index in [-0.39, 0.29) is 64.3 Å². The van der Waals surface area contributed by atoms with Gasteiger partial charge in [0.25, 0.3) is 5.91 Å². The van der Waals surface area contributed by atoms with Crippen molar-refractivity contribution in [2.45, 2.75) is 102 Å². The zero-order valence-corrected chi connectivity index (χ0v) is 41.9. The average Bonchev–Trinajstić information content (AvgIpc) is 4.14. The van der Waals surface area contributed by atoms with Crippen LogP contribution in [0.2, 0.25) is 0 Å². The minimum atomic E-state index is -1.30. The van der Waals surface area contributed by atoms with E-state index in [4.69, 9.17) is 9.72 Å². The molecule has 11 rings (SSSR count). The Hall–Kier alpha value is -6.18. The molecule has 6 fully saturated rings. The number of nitrogens with one attached hydrogen (secondary N) is 2. The van der Waals surface area contributed by atoms with Crippen molar-refractivity contribution >= 4 is 50.9 Å². The third kappa shape index (κ3) is 9.94. The number of phenolic OH excluding ortho intramolecular Hbond substituents is 1. The highest BCUT2D eigenvalue weighted by Gasteiger charge is 2.53. The van der Waals surface area contributed by atoms with Crippen molar-refractivity contribution in [1.82, 2.24) is 35.4 Å². The molecule has 15 nitrogen and oxygen atoms in total. The fourth-order valence-electron chi connectivity index (χ4n) is 12.4. The molecule has 2 saturated carbocycles. The normalized spacial score (nSPS) is 23.7. The minimum Gasteiger partial charge on any atom is -0.508 e. The van der Waals surface area contributed by atoms with Crippen molar-refractivity contribution in [3.63, 3.8) is 0 Å². The number of rotatable bonds is 13. The minimum absolute atomic E-state index is 0.00739. The summed E-state index contributed by atoms with van der Waals surface area (Å²) in [6.45, 7) is 10.1. The first-order valence-corrected chi connectivity index (χ1v) is 26.1. The molecule has 0 unspecified atom stereocenters. The Balaban J connectivity index is 0.702. The molecule has 4 saturated heterocycles. The highest BCUT2D eigenvalue weighted by molar-refractivity contribution is 6.04. The highest BCUT2D eigenvalue weighted by atomic mass is 19.1. The van der Waals surface area contributed by atoms with E-state index in [2.05, 4.69) is 30.4 Å². The maximum Gasteiger partial charge on any atom is 0.319 e. The molecule has 4 N–H and O–H groups in total. The second-order valence-electron chi connectivity index (χ2n) is 22.5. The Morgan fingerprint density at radius 1 is 0.878 bits per heavy atom. The van der Waals surface area contributed by atoms with Crippen LogP contribution in [0, 0.1) is 28.3 Å². The fraction of sp³-hybridized carbons (Fsp3) is 0.527. The van der Waals surface area contributed by atoms with Crippen LogP contribution in [0.25, 0.3) is 32.9 Å². The average molecular weight is 1020 g/mol. The van der Waals surface area contributed by atoms with Gasteiger partial charge in [0.2, 0.25) is 11.8 Å². The van der Waals surface area contributed by atoms with Gasteiger partial charge >= 0.3 is 6.01 Å². The third-order valence-electron chi connectivity index (χ3n) is 16.7. The van der Waals surface area contributed by atoms with E-state index < -0.39 is 52.5 Å². The topological polar surface area (TPSA) is 177 Å². The van der Waals surface area contributed by atoms with Crippen molar-refractivity contribution in [1.29, 1.82) is 0 Å². The number of alkyl halides is 1. The first-order valence-electron chi connectivity index (χ1n) is 26.1. The number of hydrogen-bond donors (Lipinski definition) is 4. The SMILES string of the molecule is CCc1c(F)ccc2cc(O)cc(-c3ncc4c(N5CCC[C@@](C)(O)C5)nc(OCC5(CN6CC7(CCC(F)(CN8CCN(c9ccc(C(=O)N[C@H]%10CCC(=O)NC%10=O)c(F)c9)CC8)CC7)C6)CC5)nc4c3F)c12. The van der Waals surface area contributed by atoms with E-state index in [0.717, 1.165) is 45.3 Å². The van der Waals surface area contributed by atoms with Crippen molar-refractivity contribution in [3.8, 4) is 23.0 Å². The molecule has 6 aliphatic rings. The van der Waals surface area contributed by atoms with Gasteiger partial charge in [-0.2, -0.15) is 9.97 Å². The molecular weight excluding hydrogens is 959 g/mol. The molecule has 74 heavy (non-hydrogen) atoms. The third-order valence-corrected chi connectivity index (χ3v) is 16.7. The molecule has 2 aliphatic carbocycles. The van der Waals surface area contributed by atoms with Crippen LogP contribution in [-0.2, 0) is 16.0 Å². The van der Waals surface area contributed by atoms with Gasteiger partial charge < -0.3 is 35.0 Å². The molecule has 4 aliphatic heterocycles. The summed E-state index contributed by atoms with van der Waals surface area (Å²) in [7, 11) is 0. The molecule has 392 valence electrons. The zero-order valence-electron chi connectivity index (χ0n) is 41.9. The molecule has 3 aromatic carbocycles. The number of aromatic hydroxyl groups is 1. The summed E-state index contributed by atoms with van der Waals surface area (Å²) in [5.41, 5.74) is -1.41. The first kappa shape index (κ1) is 50.0. The number of halogens is 4. The number of phenols is 1. The number of imide groups is 1. The molecule has 19 heteroatoms. The molecule has 0 bridgehead atoms. The lowest BCUT2D eigenvalue weighted by Crippen LogP contribution is -2.61. The van der Waals surface area contributed by atoms with Gasteiger partial charge in [-0.1, -0.05) is 13.0 Å². The number of nitrogens with zero attached hydrogens (tertiary/aromatic N) is 7. The predicted octanol–water partition coefficient (Wildman–Crippen LogP) is 6.98. The van der Waals surface area contributed by atoms with Crippen molar-refractivity contribution in [2.75, 3.05) is 81.9 Å². The summed E-state index contributed by atoms with van der Waals surface area (Å²) < 4.78 is 70.5. The van der Waals surface area contributed by atoms with Gasteiger partial charge in [0.15, 0.2) is 5.82 Å². The van der Waals surface area contributed by atoms with Crippen molar-refractivity contribution < 1.29 is 46.9 Å². The smallest absolute Gasteiger partial charge is 0.319 e. The fourth-order valence-corrected chi connectivity index (χ4v) is 12.4. The largest absolute Gasteiger partial charge is 0.508 e. The number of carbonyl (C=O) groups excluding carboxylic acids is 3. The number of hydrogen-bond acceptors (Lipinski definition) is 13. The number of aliphatic hydroxyl groups is 1. The lowest BCUT2D eigenvalue weighted by Gasteiger charge is -2.55. The van der Waals surface area contributed by atoms with Crippen LogP contribution >= 0.6 is 0 Å². The van der Waals surface area contributed by atoms with E-state index in [1.165, 1.54) is 36.5 Å². The van der Waals surface area contributed by atoms with Crippen molar-refractivity contribution in [2.24, 2.45) is 10.8 Å². The molecule has 5 aromatic rings. The summed E-state index contributed by atoms with van der Waals surface area (Å²) in [4.78, 5) is 58.9. The molecule has 0 radical (unpaired) electrons. The number of aryl methyl sites for hydroxylation is 1. The summed E-state index contributed by atoms with van der Waals surface area (Å²) in [6.07, 6.45) is 7.87. The lowest BCUT2D eigenvalue weighted by atomic mass is 9.64. The zero-order chi connectivity index (χ0) is 51.7. The van der Waals surface area contributed by atoms with Crippen LogP contribution in [0.15, 0.2) is 48.7 Å². The van der Waals surface area contributed by atoms with Crippen LogP contribution in [0.1, 0.15) is 94.0 Å². The highest BCUT2D eigenvalue weighted by Crippen LogP contribution is 2.53. The maximum atomic E-state index is 17.1. The maximum absolute atomic E-state index is 17.1. The molecule has 3 amide bonds. The number of pyridine rings is 1. The first-order chi connectivity index (χ1) is 35.4. The number of carbonyl (C=O) groups is 3. The molecular formula is C55H63F4N9O6. The molecule has 2 aromatic heterocycles. The summed E-state index contributed by atoms with van der Waals surface area (Å²) in [5.74, 6) is -3.34. The summed E-state index contributed by atoms with van der Waals surface area (Å²) in [5, 5.41) is 27.9. The molecule has 6 heterocycles. The van der Waals surface area contributed by atoms with Crippen LogP contribution < -0.4 is 25.2 Å². The van der Waals surface area contributed by atoms with Crippen LogP contribution in [0.4, 0.5) is 29.1 Å². The van der Waals surface area contributed by atoms with Gasteiger partial charge in [-0.25, -0.2) is 17.6 Å².